The van der Waals surface area contributed by atoms with Crippen molar-refractivity contribution >= 4 is 81.1 Å². The molecule has 12 aromatic rings. The van der Waals surface area contributed by atoms with E-state index in [1.165, 1.54) is 86.1 Å². The Morgan fingerprint density at radius 2 is 0.902 bits per heavy atom. The van der Waals surface area contributed by atoms with Gasteiger partial charge in [-0.15, -0.1) is 11.3 Å². The van der Waals surface area contributed by atoms with E-state index in [1.54, 1.807) is 0 Å². The predicted octanol–water partition coefficient (Wildman–Crippen LogP) is 16.8. The average molecular weight is 795 g/mol. The molecule has 0 aliphatic carbocycles. The minimum absolute atomic E-state index is 1.10. The summed E-state index contributed by atoms with van der Waals surface area (Å²) in [6.45, 7) is 0. The van der Waals surface area contributed by atoms with Gasteiger partial charge in [0.15, 0.2) is 0 Å². The van der Waals surface area contributed by atoms with Gasteiger partial charge in [0.25, 0.3) is 0 Å². The summed E-state index contributed by atoms with van der Waals surface area (Å²) in [5, 5.41) is 7.53. The topological polar surface area (TPSA) is 8.17 Å². The number of benzene rings is 10. The third-order valence-corrected chi connectivity index (χ3v) is 13.4. The Bertz CT molecular complexity index is 3560. The summed E-state index contributed by atoms with van der Waals surface area (Å²) in [7, 11) is 0. The lowest BCUT2D eigenvalue weighted by Crippen LogP contribution is -2.10. The molecule has 0 atom stereocenters. The van der Waals surface area contributed by atoms with Crippen LogP contribution in [-0.2, 0) is 0 Å². The van der Waals surface area contributed by atoms with Crippen molar-refractivity contribution in [2.45, 2.75) is 0 Å². The van der Waals surface area contributed by atoms with Crippen molar-refractivity contribution in [3.05, 3.63) is 231 Å². The van der Waals surface area contributed by atoms with Crippen LogP contribution in [0.2, 0.25) is 0 Å². The Labute approximate surface area is 358 Å². The molecule has 0 N–H and O–H groups in total. The van der Waals surface area contributed by atoms with E-state index in [9.17, 15) is 0 Å². The van der Waals surface area contributed by atoms with Gasteiger partial charge in [0.1, 0.15) is 0 Å². The van der Waals surface area contributed by atoms with E-state index in [0.29, 0.717) is 0 Å². The van der Waals surface area contributed by atoms with Crippen molar-refractivity contribution in [3.8, 4) is 39.1 Å². The summed E-state index contributed by atoms with van der Waals surface area (Å²) in [5.74, 6) is 0. The van der Waals surface area contributed by atoms with Crippen molar-refractivity contribution in [2.75, 3.05) is 4.90 Å². The highest BCUT2D eigenvalue weighted by molar-refractivity contribution is 7.26. The highest BCUT2D eigenvalue weighted by Crippen LogP contribution is 2.47. The van der Waals surface area contributed by atoms with Crippen LogP contribution in [0.4, 0.5) is 17.1 Å². The monoisotopic (exact) mass is 794 g/mol. The van der Waals surface area contributed by atoms with Crippen molar-refractivity contribution in [1.82, 2.24) is 4.57 Å². The van der Waals surface area contributed by atoms with E-state index < -0.39 is 0 Å². The molecule has 2 heterocycles. The number of nitrogens with zero attached hydrogens (tertiary/aromatic N) is 2. The summed E-state index contributed by atoms with van der Waals surface area (Å²) in [5.41, 5.74) is 14.1. The van der Waals surface area contributed by atoms with E-state index in [-0.39, 0.29) is 0 Å². The number of hydrogen-bond acceptors (Lipinski definition) is 2. The summed E-state index contributed by atoms with van der Waals surface area (Å²) >= 11 is 1.88. The SMILES string of the molecule is c1ccc(-c2ccc(N(c3ccc(-c4ccc5ccccc5c4)cc3)c3cc(-c4ccc5c(c4)c4ccccc4n5-c4ccccc4)c4sc5ccccc5c4c3)cc2)cc1. The molecule has 2 nitrogen and oxygen atoms in total. The van der Waals surface area contributed by atoms with Crippen molar-refractivity contribution in [2.24, 2.45) is 0 Å². The number of anilines is 3. The molecular weight excluding hydrogens is 757 g/mol. The van der Waals surface area contributed by atoms with Gasteiger partial charge in [0.2, 0.25) is 0 Å². The lowest BCUT2D eigenvalue weighted by atomic mass is 9.98. The standard InChI is InChI=1S/C58H38N2S/c1-3-13-39(14-4-1)41-25-30-47(31-26-41)59(48-32-27-42(28-33-48)44-24-23-40-15-7-8-16-43(40)35-44)49-37-52(58-54(38-49)51-20-10-12-22-57(51)61-58)45-29-34-56-53(36-45)50-19-9-11-21-55(50)60(56)46-17-5-2-6-18-46/h1-38H. The van der Waals surface area contributed by atoms with E-state index in [2.05, 4.69) is 240 Å². The second kappa shape index (κ2) is 14.5. The minimum atomic E-state index is 1.10. The summed E-state index contributed by atoms with van der Waals surface area (Å²) in [6, 6.07) is 84.2. The lowest BCUT2D eigenvalue weighted by molar-refractivity contribution is 1.18. The maximum absolute atomic E-state index is 2.42. The van der Waals surface area contributed by atoms with Gasteiger partial charge in [-0.25, -0.2) is 0 Å². The molecule has 3 heteroatoms. The van der Waals surface area contributed by atoms with Gasteiger partial charge in [-0.05, 0) is 117 Å². The Kier molecular flexibility index (Phi) is 8.39. The second-order valence-corrected chi connectivity index (χ2v) is 16.8. The normalized spacial score (nSPS) is 11.6. The summed E-state index contributed by atoms with van der Waals surface area (Å²) in [4.78, 5) is 2.42. The molecule has 0 bridgehead atoms. The van der Waals surface area contributed by atoms with E-state index in [0.717, 1.165) is 22.7 Å². The molecule has 61 heavy (non-hydrogen) atoms. The predicted molar refractivity (Wildman–Crippen MR) is 262 cm³/mol. The Morgan fingerprint density at radius 3 is 1.67 bits per heavy atom. The largest absolute Gasteiger partial charge is 0.310 e. The minimum Gasteiger partial charge on any atom is -0.310 e. The summed E-state index contributed by atoms with van der Waals surface area (Å²) in [6.07, 6.45) is 0. The van der Waals surface area contributed by atoms with Crippen LogP contribution in [0.25, 0.3) is 91.8 Å². The van der Waals surface area contributed by atoms with Crippen LogP contribution in [0.3, 0.4) is 0 Å². The Hall–Kier alpha value is -7.72. The van der Waals surface area contributed by atoms with Gasteiger partial charge in [0.05, 0.1) is 11.0 Å². The number of rotatable bonds is 7. The van der Waals surface area contributed by atoms with Crippen LogP contribution in [-0.4, -0.2) is 4.57 Å². The molecule has 0 unspecified atom stereocenters. The van der Waals surface area contributed by atoms with Gasteiger partial charge in [-0.1, -0.05) is 152 Å². The smallest absolute Gasteiger partial charge is 0.0541 e. The van der Waals surface area contributed by atoms with Gasteiger partial charge in [-0.3, -0.25) is 0 Å². The van der Waals surface area contributed by atoms with Crippen LogP contribution in [0.1, 0.15) is 0 Å². The molecule has 0 amide bonds. The molecule has 2 aromatic heterocycles. The first-order valence-electron chi connectivity index (χ1n) is 20.8. The summed E-state index contributed by atoms with van der Waals surface area (Å²) < 4.78 is 4.97. The van der Waals surface area contributed by atoms with Crippen LogP contribution < -0.4 is 4.90 Å². The van der Waals surface area contributed by atoms with E-state index in [1.807, 2.05) is 11.3 Å². The van der Waals surface area contributed by atoms with Crippen molar-refractivity contribution in [1.29, 1.82) is 0 Å². The van der Waals surface area contributed by atoms with Crippen molar-refractivity contribution < 1.29 is 0 Å². The van der Waals surface area contributed by atoms with Crippen LogP contribution in [0.15, 0.2) is 231 Å². The number of thiophene rings is 1. The molecule has 0 saturated carbocycles. The highest BCUT2D eigenvalue weighted by Gasteiger charge is 2.20. The lowest BCUT2D eigenvalue weighted by Gasteiger charge is -2.27. The third-order valence-electron chi connectivity index (χ3n) is 12.2. The Morgan fingerprint density at radius 1 is 0.328 bits per heavy atom. The zero-order valence-electron chi connectivity index (χ0n) is 33.2. The van der Waals surface area contributed by atoms with E-state index in [4.69, 9.17) is 0 Å². The molecule has 0 radical (unpaired) electrons. The first kappa shape index (κ1) is 35.2. The molecule has 0 spiro atoms. The maximum atomic E-state index is 2.42. The van der Waals surface area contributed by atoms with Gasteiger partial charge < -0.3 is 9.47 Å². The highest BCUT2D eigenvalue weighted by atomic mass is 32.1. The van der Waals surface area contributed by atoms with Crippen LogP contribution in [0.5, 0.6) is 0 Å². The zero-order chi connectivity index (χ0) is 40.3. The maximum Gasteiger partial charge on any atom is 0.0541 e. The fraction of sp³-hybridized carbons (Fsp3) is 0. The van der Waals surface area contributed by atoms with Crippen LogP contribution in [0, 0.1) is 0 Å². The molecule has 12 rings (SSSR count). The quantitative estimate of drug-likeness (QED) is 0.156. The fourth-order valence-corrected chi connectivity index (χ4v) is 10.4. The number of fused-ring (bicyclic) bond motifs is 7. The van der Waals surface area contributed by atoms with Crippen molar-refractivity contribution in [3.63, 3.8) is 0 Å². The van der Waals surface area contributed by atoms with Gasteiger partial charge >= 0.3 is 0 Å². The number of para-hydroxylation sites is 2. The fourth-order valence-electron chi connectivity index (χ4n) is 9.20. The first-order chi connectivity index (χ1) is 30.2. The van der Waals surface area contributed by atoms with Gasteiger partial charge in [-0.2, -0.15) is 0 Å². The molecule has 10 aromatic carbocycles. The van der Waals surface area contributed by atoms with Gasteiger partial charge in [0, 0.05) is 59.3 Å². The molecule has 0 aliphatic heterocycles. The Balaban J connectivity index is 1.06. The molecule has 0 fully saturated rings. The van der Waals surface area contributed by atoms with Crippen LogP contribution >= 0.6 is 11.3 Å². The molecule has 286 valence electrons. The molecule has 0 aliphatic rings. The number of hydrogen-bond donors (Lipinski definition) is 0. The molecular formula is C58H38N2S. The zero-order valence-corrected chi connectivity index (χ0v) is 34.1. The first-order valence-corrected chi connectivity index (χ1v) is 21.6. The third kappa shape index (κ3) is 6.09. The molecule has 0 saturated heterocycles. The van der Waals surface area contributed by atoms with E-state index >= 15 is 0 Å². The average Bonchev–Trinajstić information content (AvgIpc) is 3.88. The number of aromatic nitrogens is 1. The second-order valence-electron chi connectivity index (χ2n) is 15.7.